The Morgan fingerprint density at radius 1 is 0.905 bits per heavy atom. The fraction of sp³-hybridized carbons (Fsp3) is 0.368. The maximum Gasteiger partial charge on any atom is 0.119 e. The average Bonchev–Trinajstić information content (AvgIpc) is 2.52. The van der Waals surface area contributed by atoms with Crippen molar-refractivity contribution in [3.63, 3.8) is 0 Å². The molecule has 0 heterocycles. The van der Waals surface area contributed by atoms with E-state index in [0.717, 1.165) is 31.0 Å². The molecule has 112 valence electrons. The molecule has 0 spiro atoms. The van der Waals surface area contributed by atoms with Gasteiger partial charge in [0.25, 0.3) is 0 Å². The number of benzene rings is 2. The second-order valence-corrected chi connectivity index (χ2v) is 5.42. The molecule has 0 radical (unpaired) electrons. The molecule has 0 aliphatic carbocycles. The van der Waals surface area contributed by atoms with Crippen molar-refractivity contribution in [1.82, 2.24) is 0 Å². The van der Waals surface area contributed by atoms with Crippen LogP contribution < -0.4 is 10.1 Å². The number of rotatable bonds is 8. The average molecular weight is 283 g/mol. The summed E-state index contributed by atoms with van der Waals surface area (Å²) < 4.78 is 5.72. The van der Waals surface area contributed by atoms with E-state index in [1.807, 2.05) is 0 Å². The zero-order valence-corrected chi connectivity index (χ0v) is 13.1. The summed E-state index contributed by atoms with van der Waals surface area (Å²) in [7, 11) is 0. The van der Waals surface area contributed by atoms with Crippen molar-refractivity contribution in [2.24, 2.45) is 0 Å². The summed E-state index contributed by atoms with van der Waals surface area (Å²) in [6.45, 7) is 5.95. The smallest absolute Gasteiger partial charge is 0.119 e. The number of nitrogens with one attached hydrogen (secondary N) is 1. The van der Waals surface area contributed by atoms with Gasteiger partial charge in [0.15, 0.2) is 0 Å². The fourth-order valence-corrected chi connectivity index (χ4v) is 2.12. The van der Waals surface area contributed by atoms with E-state index in [9.17, 15) is 0 Å². The molecule has 0 atom stereocenters. The predicted molar refractivity (Wildman–Crippen MR) is 90.0 cm³/mol. The maximum atomic E-state index is 5.72. The zero-order valence-electron chi connectivity index (χ0n) is 13.1. The van der Waals surface area contributed by atoms with Crippen molar-refractivity contribution < 1.29 is 4.74 Å². The highest BCUT2D eigenvalue weighted by molar-refractivity contribution is 5.45. The highest BCUT2D eigenvalue weighted by Crippen LogP contribution is 2.15. The summed E-state index contributed by atoms with van der Waals surface area (Å²) in [6.07, 6.45) is 3.60. The lowest BCUT2D eigenvalue weighted by atomic mass is 10.2. The number of anilines is 1. The molecule has 0 aliphatic rings. The molecule has 0 aliphatic heterocycles. The van der Waals surface area contributed by atoms with E-state index in [1.54, 1.807) is 0 Å². The molecule has 2 aromatic carbocycles. The predicted octanol–water partition coefficient (Wildman–Crippen LogP) is 5.18. The summed E-state index contributed by atoms with van der Waals surface area (Å²) in [5, 5.41) is 3.43. The first kappa shape index (κ1) is 15.4. The van der Waals surface area contributed by atoms with E-state index in [1.165, 1.54) is 24.0 Å². The first-order valence-corrected chi connectivity index (χ1v) is 7.80. The van der Waals surface area contributed by atoms with Crippen molar-refractivity contribution in [1.29, 1.82) is 0 Å². The minimum Gasteiger partial charge on any atom is -0.494 e. The van der Waals surface area contributed by atoms with Gasteiger partial charge in [0.1, 0.15) is 5.75 Å². The molecule has 0 saturated carbocycles. The molecule has 1 N–H and O–H groups in total. The Labute approximate surface area is 128 Å². The maximum absolute atomic E-state index is 5.72. The number of hydrogen-bond acceptors (Lipinski definition) is 2. The molecular formula is C19H25NO. The van der Waals surface area contributed by atoms with Gasteiger partial charge in [-0.3, -0.25) is 0 Å². The van der Waals surface area contributed by atoms with Crippen LogP contribution in [0, 0.1) is 6.92 Å². The fourth-order valence-electron chi connectivity index (χ4n) is 2.12. The summed E-state index contributed by atoms with van der Waals surface area (Å²) >= 11 is 0. The monoisotopic (exact) mass is 283 g/mol. The molecule has 0 amide bonds. The van der Waals surface area contributed by atoms with Crippen LogP contribution in [0.4, 0.5) is 5.69 Å². The topological polar surface area (TPSA) is 21.3 Å². The molecule has 0 aromatic heterocycles. The van der Waals surface area contributed by atoms with Crippen LogP contribution in [-0.4, -0.2) is 6.61 Å². The van der Waals surface area contributed by atoms with Crippen molar-refractivity contribution in [2.75, 3.05) is 11.9 Å². The van der Waals surface area contributed by atoms with E-state index >= 15 is 0 Å². The number of hydrogen-bond donors (Lipinski definition) is 1. The van der Waals surface area contributed by atoms with Crippen molar-refractivity contribution in [2.45, 2.75) is 39.7 Å². The van der Waals surface area contributed by atoms with Crippen LogP contribution >= 0.6 is 0 Å². The van der Waals surface area contributed by atoms with Crippen LogP contribution in [0.25, 0.3) is 0 Å². The lowest BCUT2D eigenvalue weighted by Gasteiger charge is -2.09. The quantitative estimate of drug-likeness (QED) is 0.674. The first-order valence-electron chi connectivity index (χ1n) is 7.80. The molecule has 0 saturated heterocycles. The molecule has 0 bridgehead atoms. The summed E-state index contributed by atoms with van der Waals surface area (Å²) in [4.78, 5) is 0. The molecule has 2 rings (SSSR count). The van der Waals surface area contributed by atoms with Gasteiger partial charge >= 0.3 is 0 Å². The van der Waals surface area contributed by atoms with Crippen molar-refractivity contribution in [3.05, 3.63) is 59.7 Å². The Morgan fingerprint density at radius 2 is 1.62 bits per heavy atom. The summed E-state index contributed by atoms with van der Waals surface area (Å²) in [6, 6.07) is 16.8. The van der Waals surface area contributed by atoms with Gasteiger partial charge in [0, 0.05) is 12.2 Å². The number of aryl methyl sites for hydroxylation is 1. The van der Waals surface area contributed by atoms with Crippen LogP contribution in [-0.2, 0) is 6.54 Å². The molecule has 2 heteroatoms. The van der Waals surface area contributed by atoms with Crippen LogP contribution in [0.15, 0.2) is 48.5 Å². The molecule has 0 fully saturated rings. The Hall–Kier alpha value is -1.96. The van der Waals surface area contributed by atoms with Gasteiger partial charge in [-0.1, -0.05) is 49.6 Å². The van der Waals surface area contributed by atoms with Gasteiger partial charge in [-0.2, -0.15) is 0 Å². The van der Waals surface area contributed by atoms with Gasteiger partial charge < -0.3 is 10.1 Å². The molecule has 2 aromatic rings. The first-order chi connectivity index (χ1) is 10.3. The lowest BCUT2D eigenvalue weighted by Crippen LogP contribution is -2.00. The normalized spacial score (nSPS) is 10.4. The molecule has 21 heavy (non-hydrogen) atoms. The largest absolute Gasteiger partial charge is 0.494 e. The van der Waals surface area contributed by atoms with Gasteiger partial charge in [0.05, 0.1) is 6.61 Å². The molecule has 2 nitrogen and oxygen atoms in total. The molecular weight excluding hydrogens is 258 g/mol. The summed E-state index contributed by atoms with van der Waals surface area (Å²) in [5.41, 5.74) is 3.70. The van der Waals surface area contributed by atoms with Crippen LogP contribution in [0.3, 0.4) is 0 Å². The van der Waals surface area contributed by atoms with Crippen LogP contribution in [0.1, 0.15) is 37.3 Å². The van der Waals surface area contributed by atoms with Gasteiger partial charge in [-0.15, -0.1) is 0 Å². The summed E-state index contributed by atoms with van der Waals surface area (Å²) in [5.74, 6) is 0.963. The van der Waals surface area contributed by atoms with Gasteiger partial charge in [-0.05, 0) is 43.2 Å². The SMILES string of the molecule is CCCCCOc1ccc(CNc2ccc(C)cc2)cc1. The third-order valence-corrected chi connectivity index (χ3v) is 3.49. The van der Waals surface area contributed by atoms with Crippen molar-refractivity contribution in [3.8, 4) is 5.75 Å². The Kier molecular flexibility index (Phi) is 6.14. The highest BCUT2D eigenvalue weighted by Gasteiger charge is 1.97. The Bertz CT molecular complexity index is 516. The second kappa shape index (κ2) is 8.35. The Balaban J connectivity index is 1.78. The second-order valence-electron chi connectivity index (χ2n) is 5.42. The van der Waals surface area contributed by atoms with Crippen LogP contribution in [0.2, 0.25) is 0 Å². The van der Waals surface area contributed by atoms with E-state index < -0.39 is 0 Å². The van der Waals surface area contributed by atoms with Gasteiger partial charge in [-0.25, -0.2) is 0 Å². The van der Waals surface area contributed by atoms with Crippen molar-refractivity contribution >= 4 is 5.69 Å². The van der Waals surface area contributed by atoms with Gasteiger partial charge in [0.2, 0.25) is 0 Å². The minimum absolute atomic E-state index is 0.814. The van der Waals surface area contributed by atoms with E-state index in [0.29, 0.717) is 0 Å². The van der Waals surface area contributed by atoms with Crippen LogP contribution in [0.5, 0.6) is 5.75 Å². The zero-order chi connectivity index (χ0) is 14.9. The molecule has 0 unspecified atom stereocenters. The van der Waals surface area contributed by atoms with E-state index in [4.69, 9.17) is 4.74 Å². The number of unbranched alkanes of at least 4 members (excludes halogenated alkanes) is 2. The van der Waals surface area contributed by atoms with E-state index in [-0.39, 0.29) is 0 Å². The van der Waals surface area contributed by atoms with E-state index in [2.05, 4.69) is 67.7 Å². The highest BCUT2D eigenvalue weighted by atomic mass is 16.5. The standard InChI is InChI=1S/C19H25NO/c1-3-4-5-14-21-19-12-8-17(9-13-19)15-20-18-10-6-16(2)7-11-18/h6-13,20H,3-5,14-15H2,1-2H3. The number of ether oxygens (including phenoxy) is 1. The third-order valence-electron chi connectivity index (χ3n) is 3.49. The Morgan fingerprint density at radius 3 is 2.29 bits per heavy atom. The third kappa shape index (κ3) is 5.50. The lowest BCUT2D eigenvalue weighted by molar-refractivity contribution is 0.306. The minimum atomic E-state index is 0.814.